The maximum absolute atomic E-state index is 14.3. The first-order valence-electron chi connectivity index (χ1n) is 14.5. The number of rotatable bonds is 7. The van der Waals surface area contributed by atoms with E-state index in [2.05, 4.69) is 16.3 Å². The maximum Gasteiger partial charge on any atom is 0.255 e. The summed E-state index contributed by atoms with van der Waals surface area (Å²) >= 11 is 0. The van der Waals surface area contributed by atoms with Gasteiger partial charge in [0.15, 0.2) is 0 Å². The Bertz CT molecular complexity index is 1580. The maximum atomic E-state index is 14.3. The molecular formula is C34H35N5O2. The summed E-state index contributed by atoms with van der Waals surface area (Å²) in [5.74, 6) is 0.578. The van der Waals surface area contributed by atoms with Gasteiger partial charge < -0.3 is 15.3 Å². The summed E-state index contributed by atoms with van der Waals surface area (Å²) in [4.78, 5) is 23.7. The molecule has 0 radical (unpaired) electrons. The summed E-state index contributed by atoms with van der Waals surface area (Å²) in [7, 11) is 0. The molecule has 1 amide bonds. The number of carbonyl (C=O) groups is 1. The van der Waals surface area contributed by atoms with E-state index in [0.717, 1.165) is 54.6 Å². The number of nitrogens with zero attached hydrogens (tertiary/aromatic N) is 4. The molecule has 2 fully saturated rings. The van der Waals surface area contributed by atoms with Gasteiger partial charge >= 0.3 is 0 Å². The third-order valence-electron chi connectivity index (χ3n) is 8.42. The Balaban J connectivity index is 1.39. The first kappa shape index (κ1) is 26.9. The molecule has 0 saturated carbocycles. The molecule has 3 atom stereocenters. The number of amides is 1. The lowest BCUT2D eigenvalue weighted by molar-refractivity contribution is 0.0533. The van der Waals surface area contributed by atoms with Crippen LogP contribution >= 0.6 is 0 Å². The van der Waals surface area contributed by atoms with Crippen molar-refractivity contribution in [2.45, 2.75) is 50.9 Å². The van der Waals surface area contributed by atoms with Crippen LogP contribution in [0, 0.1) is 11.3 Å². The lowest BCUT2D eigenvalue weighted by Crippen LogP contribution is -2.46. The molecule has 2 N–H and O–H groups in total. The molecule has 0 aliphatic carbocycles. The number of nitriles is 1. The van der Waals surface area contributed by atoms with Gasteiger partial charge in [-0.15, -0.1) is 0 Å². The van der Waals surface area contributed by atoms with E-state index >= 15 is 0 Å². The summed E-state index contributed by atoms with van der Waals surface area (Å²) in [6.07, 6.45) is 3.75. The zero-order valence-electron chi connectivity index (χ0n) is 23.3. The van der Waals surface area contributed by atoms with Crippen LogP contribution in [0.2, 0.25) is 0 Å². The number of anilines is 1. The predicted octanol–water partition coefficient (Wildman–Crippen LogP) is 5.97. The smallest absolute Gasteiger partial charge is 0.255 e. The Kier molecular flexibility index (Phi) is 7.69. The number of aliphatic hydroxyl groups excluding tert-OH is 1. The van der Waals surface area contributed by atoms with Crippen molar-refractivity contribution in [2.75, 3.05) is 25.0 Å². The minimum atomic E-state index is -0.732. The summed E-state index contributed by atoms with van der Waals surface area (Å²) in [5, 5.41) is 24.4. The van der Waals surface area contributed by atoms with E-state index in [9.17, 15) is 15.2 Å². The first-order chi connectivity index (χ1) is 20.0. The van der Waals surface area contributed by atoms with Crippen LogP contribution in [0.5, 0.6) is 0 Å². The van der Waals surface area contributed by atoms with E-state index in [-0.39, 0.29) is 18.1 Å². The molecule has 41 heavy (non-hydrogen) atoms. The summed E-state index contributed by atoms with van der Waals surface area (Å²) in [6, 6.07) is 26.7. The van der Waals surface area contributed by atoms with Gasteiger partial charge in [0.1, 0.15) is 5.82 Å². The molecule has 0 bridgehead atoms. The van der Waals surface area contributed by atoms with Crippen molar-refractivity contribution in [1.82, 2.24) is 14.8 Å². The fourth-order valence-electron chi connectivity index (χ4n) is 6.20. The number of hydrogen-bond acceptors (Lipinski definition) is 6. The van der Waals surface area contributed by atoms with Gasteiger partial charge in [0.2, 0.25) is 0 Å². The average molecular weight is 546 g/mol. The summed E-state index contributed by atoms with van der Waals surface area (Å²) < 4.78 is 0. The van der Waals surface area contributed by atoms with E-state index in [1.165, 1.54) is 12.8 Å². The Morgan fingerprint density at radius 3 is 2.44 bits per heavy atom. The van der Waals surface area contributed by atoms with E-state index in [1.54, 1.807) is 12.1 Å². The Morgan fingerprint density at radius 2 is 1.71 bits per heavy atom. The number of carbonyl (C=O) groups excluding carboxylic acids is 1. The summed E-state index contributed by atoms with van der Waals surface area (Å²) in [6.45, 7) is 4.74. The highest BCUT2D eigenvalue weighted by Gasteiger charge is 2.35. The highest BCUT2D eigenvalue weighted by atomic mass is 16.3. The molecule has 208 valence electrons. The summed E-state index contributed by atoms with van der Waals surface area (Å²) in [5.41, 5.74) is 4.69. The zero-order chi connectivity index (χ0) is 28.3. The predicted molar refractivity (Wildman–Crippen MR) is 161 cm³/mol. The molecule has 2 saturated heterocycles. The molecule has 7 nitrogen and oxygen atoms in total. The lowest BCUT2D eigenvalue weighted by atomic mass is 9.99. The van der Waals surface area contributed by atoms with E-state index in [0.29, 0.717) is 22.5 Å². The SMILES string of the molecule is C[C@@H](Nc1cc(C(=O)N2CCCC2N2CCCC2)c2cc(-c3ccc(C#N)cc3)ccc2n1)[C@@H](O)c1ccccc1. The van der Waals surface area contributed by atoms with E-state index in [4.69, 9.17) is 4.98 Å². The number of benzene rings is 3. The molecule has 2 aliphatic heterocycles. The highest BCUT2D eigenvalue weighted by molar-refractivity contribution is 6.08. The molecule has 0 spiro atoms. The molecule has 2 aliphatic rings. The number of likely N-dealkylation sites (tertiary alicyclic amines) is 2. The van der Waals surface area contributed by atoms with Crippen LogP contribution in [0.25, 0.3) is 22.0 Å². The molecule has 7 heteroatoms. The van der Waals surface area contributed by atoms with Crippen molar-refractivity contribution in [3.05, 3.63) is 95.6 Å². The normalized spacial score (nSPS) is 18.8. The molecule has 3 heterocycles. The van der Waals surface area contributed by atoms with Crippen LogP contribution in [0.3, 0.4) is 0 Å². The number of aliphatic hydroxyl groups is 1. The van der Waals surface area contributed by atoms with Crippen LogP contribution in [0.15, 0.2) is 78.9 Å². The van der Waals surface area contributed by atoms with Crippen LogP contribution in [-0.2, 0) is 0 Å². The third kappa shape index (κ3) is 5.54. The van der Waals surface area contributed by atoms with Crippen molar-refractivity contribution >= 4 is 22.6 Å². The van der Waals surface area contributed by atoms with Gasteiger partial charge in [0.05, 0.1) is 41.0 Å². The van der Waals surface area contributed by atoms with Gasteiger partial charge in [-0.2, -0.15) is 5.26 Å². The monoisotopic (exact) mass is 545 g/mol. The third-order valence-corrected chi connectivity index (χ3v) is 8.42. The second-order valence-corrected chi connectivity index (χ2v) is 11.1. The standard InChI is InChI=1S/C34H35N5O2/c1-23(33(40)26-8-3-2-4-9-26)36-31-21-29(34(41)39-19-7-10-32(39)38-17-5-6-18-38)28-20-27(15-16-30(28)37-31)25-13-11-24(22-35)12-14-25/h2-4,8-9,11-16,20-21,23,32-33,40H,5-7,10,17-19H2,1H3,(H,36,37)/t23-,32?,33-/m1/s1. The molecule has 1 unspecified atom stereocenters. The van der Waals surface area contributed by atoms with Crippen molar-refractivity contribution in [3.63, 3.8) is 0 Å². The second-order valence-electron chi connectivity index (χ2n) is 11.1. The van der Waals surface area contributed by atoms with Crippen LogP contribution in [-0.4, -0.2) is 57.6 Å². The topological polar surface area (TPSA) is 92.5 Å². The second kappa shape index (κ2) is 11.7. The van der Waals surface area contributed by atoms with E-state index < -0.39 is 6.10 Å². The van der Waals surface area contributed by atoms with Gasteiger partial charge in [0, 0.05) is 25.0 Å². The fraction of sp³-hybridized carbons (Fsp3) is 0.324. The minimum Gasteiger partial charge on any atom is -0.386 e. The van der Waals surface area contributed by atoms with Gasteiger partial charge in [-0.3, -0.25) is 9.69 Å². The van der Waals surface area contributed by atoms with Crippen molar-refractivity contribution in [1.29, 1.82) is 5.26 Å². The Hall–Kier alpha value is -4.25. The fourth-order valence-corrected chi connectivity index (χ4v) is 6.20. The van der Waals surface area contributed by atoms with Crippen molar-refractivity contribution in [3.8, 4) is 17.2 Å². The molecular weight excluding hydrogens is 510 g/mol. The number of hydrogen-bond donors (Lipinski definition) is 2. The molecule has 6 rings (SSSR count). The zero-order valence-corrected chi connectivity index (χ0v) is 23.3. The van der Waals surface area contributed by atoms with E-state index in [1.807, 2.05) is 78.6 Å². The number of nitrogens with one attached hydrogen (secondary N) is 1. The highest BCUT2D eigenvalue weighted by Crippen LogP contribution is 2.32. The largest absolute Gasteiger partial charge is 0.386 e. The number of aromatic nitrogens is 1. The van der Waals surface area contributed by atoms with Gasteiger partial charge in [-0.05, 0) is 79.6 Å². The average Bonchev–Trinajstić information content (AvgIpc) is 3.73. The Morgan fingerprint density at radius 1 is 0.976 bits per heavy atom. The van der Waals surface area contributed by atoms with Crippen LogP contribution in [0.1, 0.15) is 60.2 Å². The van der Waals surface area contributed by atoms with Gasteiger partial charge in [-0.25, -0.2) is 4.98 Å². The quantitative estimate of drug-likeness (QED) is 0.298. The molecule has 4 aromatic rings. The van der Waals surface area contributed by atoms with Gasteiger partial charge in [-0.1, -0.05) is 48.5 Å². The number of pyridine rings is 1. The van der Waals surface area contributed by atoms with Gasteiger partial charge in [0.25, 0.3) is 5.91 Å². The van der Waals surface area contributed by atoms with Crippen LogP contribution in [0.4, 0.5) is 5.82 Å². The van der Waals surface area contributed by atoms with Crippen molar-refractivity contribution < 1.29 is 9.90 Å². The van der Waals surface area contributed by atoms with Crippen molar-refractivity contribution in [2.24, 2.45) is 0 Å². The number of fused-ring (bicyclic) bond motifs is 1. The lowest BCUT2D eigenvalue weighted by Gasteiger charge is -2.32. The van der Waals surface area contributed by atoms with Crippen LogP contribution < -0.4 is 5.32 Å². The minimum absolute atomic E-state index is 0.0167. The Labute approximate surface area is 241 Å². The molecule has 3 aromatic carbocycles. The first-order valence-corrected chi connectivity index (χ1v) is 14.5. The molecule has 1 aromatic heterocycles.